The molecule has 0 saturated carbocycles. The molecule has 4 rings (SSSR count). The molecule has 0 radical (unpaired) electrons. The number of hydrogen-bond donors (Lipinski definition) is 1. The summed E-state index contributed by atoms with van der Waals surface area (Å²) in [5, 5.41) is 9.39. The van der Waals surface area contributed by atoms with Gasteiger partial charge >= 0.3 is 0 Å². The summed E-state index contributed by atoms with van der Waals surface area (Å²) in [4.78, 5) is 22.6. The number of ether oxygens (including phenoxy) is 1. The first-order valence-electron chi connectivity index (χ1n) is 10.1. The molecule has 4 aromatic rings. The van der Waals surface area contributed by atoms with Gasteiger partial charge in [0.25, 0.3) is 5.91 Å². The third-order valence-electron chi connectivity index (χ3n) is 5.10. The molecule has 31 heavy (non-hydrogen) atoms. The van der Waals surface area contributed by atoms with Crippen molar-refractivity contribution < 1.29 is 9.53 Å². The third kappa shape index (κ3) is 4.44. The van der Waals surface area contributed by atoms with Crippen LogP contribution in [0, 0.1) is 20.8 Å². The lowest BCUT2D eigenvalue weighted by Crippen LogP contribution is -2.31. The average molecular weight is 436 g/mol. The molecule has 0 spiro atoms. The SMILES string of the molecule is Cc1ccc([C@H](C)NC(=O)COc2cc(C)c3c(-c4ncc(C)s4)nn(C)c3n2)cc1. The molecule has 0 aliphatic carbocycles. The Bertz CT molecular complexity index is 1240. The zero-order chi connectivity index (χ0) is 22.1. The number of thiazole rings is 1. The van der Waals surface area contributed by atoms with Gasteiger partial charge in [0.15, 0.2) is 12.3 Å². The Kier molecular flexibility index (Phi) is 5.73. The van der Waals surface area contributed by atoms with Crippen LogP contribution in [-0.4, -0.2) is 32.3 Å². The van der Waals surface area contributed by atoms with Gasteiger partial charge in [-0.1, -0.05) is 29.8 Å². The molecule has 7 nitrogen and oxygen atoms in total. The van der Waals surface area contributed by atoms with Gasteiger partial charge in [0.2, 0.25) is 5.88 Å². The third-order valence-corrected chi connectivity index (χ3v) is 6.02. The van der Waals surface area contributed by atoms with Crippen LogP contribution in [0.2, 0.25) is 0 Å². The average Bonchev–Trinajstić information content (AvgIpc) is 3.30. The standard InChI is InChI=1S/C23H25N5O2S/c1-13-6-8-17(9-7-13)16(4)25-18(29)12-30-19-10-14(2)20-21(23-24-11-15(3)31-23)27-28(5)22(20)26-19/h6-11,16H,12H2,1-5H3,(H,25,29)/t16-/m0/s1. The summed E-state index contributed by atoms with van der Waals surface area (Å²) < 4.78 is 7.43. The van der Waals surface area contributed by atoms with Gasteiger partial charge in [0, 0.05) is 24.2 Å². The van der Waals surface area contributed by atoms with Crippen LogP contribution in [0.15, 0.2) is 36.5 Å². The molecule has 0 aliphatic heterocycles. The summed E-state index contributed by atoms with van der Waals surface area (Å²) in [6.07, 6.45) is 1.84. The minimum absolute atomic E-state index is 0.102. The number of aromatic nitrogens is 4. The molecule has 0 saturated heterocycles. The highest BCUT2D eigenvalue weighted by Gasteiger charge is 2.18. The van der Waals surface area contributed by atoms with Crippen LogP contribution in [-0.2, 0) is 11.8 Å². The number of benzene rings is 1. The Morgan fingerprint density at radius 2 is 1.97 bits per heavy atom. The molecule has 1 atom stereocenters. The number of nitrogens with zero attached hydrogens (tertiary/aromatic N) is 4. The van der Waals surface area contributed by atoms with Gasteiger partial charge in [-0.05, 0) is 38.8 Å². The van der Waals surface area contributed by atoms with E-state index in [2.05, 4.69) is 20.4 Å². The van der Waals surface area contributed by atoms with Gasteiger partial charge in [0.1, 0.15) is 10.7 Å². The van der Waals surface area contributed by atoms with Gasteiger partial charge in [-0.2, -0.15) is 10.1 Å². The van der Waals surface area contributed by atoms with Gasteiger partial charge in [0.05, 0.1) is 11.4 Å². The molecule has 1 N–H and O–H groups in total. The molecule has 8 heteroatoms. The van der Waals surface area contributed by atoms with Crippen LogP contribution in [0.3, 0.4) is 0 Å². The smallest absolute Gasteiger partial charge is 0.258 e. The molecule has 3 heterocycles. The van der Waals surface area contributed by atoms with Crippen molar-refractivity contribution in [3.8, 4) is 16.6 Å². The van der Waals surface area contributed by atoms with E-state index in [-0.39, 0.29) is 18.6 Å². The number of hydrogen-bond acceptors (Lipinski definition) is 6. The fraction of sp³-hybridized carbons (Fsp3) is 0.304. The van der Waals surface area contributed by atoms with Crippen molar-refractivity contribution in [2.75, 3.05) is 6.61 Å². The van der Waals surface area contributed by atoms with E-state index in [4.69, 9.17) is 4.74 Å². The molecule has 3 aromatic heterocycles. The van der Waals surface area contributed by atoms with E-state index in [1.807, 2.05) is 71.3 Å². The van der Waals surface area contributed by atoms with Gasteiger partial charge in [-0.3, -0.25) is 4.79 Å². The topological polar surface area (TPSA) is 81.9 Å². The maximum Gasteiger partial charge on any atom is 0.258 e. The Morgan fingerprint density at radius 3 is 2.65 bits per heavy atom. The number of aryl methyl sites for hydroxylation is 4. The molecule has 0 unspecified atom stereocenters. The van der Waals surface area contributed by atoms with E-state index in [1.165, 1.54) is 5.56 Å². The van der Waals surface area contributed by atoms with Crippen molar-refractivity contribution in [1.29, 1.82) is 0 Å². The van der Waals surface area contributed by atoms with E-state index in [9.17, 15) is 4.79 Å². The van der Waals surface area contributed by atoms with Crippen LogP contribution in [0.4, 0.5) is 0 Å². The maximum absolute atomic E-state index is 12.4. The Labute approximate surface area is 185 Å². The second-order valence-electron chi connectivity index (χ2n) is 7.71. The van der Waals surface area contributed by atoms with E-state index in [0.717, 1.165) is 32.1 Å². The Hall–Kier alpha value is -3.26. The predicted octanol–water partition coefficient (Wildman–Crippen LogP) is 4.27. The lowest BCUT2D eigenvalue weighted by molar-refractivity contribution is -0.123. The largest absolute Gasteiger partial charge is 0.468 e. The quantitative estimate of drug-likeness (QED) is 0.489. The highest BCUT2D eigenvalue weighted by molar-refractivity contribution is 7.15. The molecular formula is C23H25N5O2S. The first-order valence-corrected chi connectivity index (χ1v) is 10.9. The molecule has 0 fully saturated rings. The molecule has 1 amide bonds. The lowest BCUT2D eigenvalue weighted by atomic mass is 10.1. The second-order valence-corrected chi connectivity index (χ2v) is 8.95. The zero-order valence-corrected chi connectivity index (χ0v) is 19.1. The summed E-state index contributed by atoms with van der Waals surface area (Å²) in [6, 6.07) is 9.84. The molecule has 1 aromatic carbocycles. The fourth-order valence-electron chi connectivity index (χ4n) is 3.45. The van der Waals surface area contributed by atoms with Crippen LogP contribution >= 0.6 is 11.3 Å². The molecule has 160 valence electrons. The van der Waals surface area contributed by atoms with E-state index in [1.54, 1.807) is 16.0 Å². The van der Waals surface area contributed by atoms with Crippen molar-refractivity contribution >= 4 is 28.3 Å². The lowest BCUT2D eigenvalue weighted by Gasteiger charge is -2.15. The summed E-state index contributed by atoms with van der Waals surface area (Å²) in [7, 11) is 1.85. The number of carbonyl (C=O) groups is 1. The summed E-state index contributed by atoms with van der Waals surface area (Å²) >= 11 is 1.60. The maximum atomic E-state index is 12.4. The van der Waals surface area contributed by atoms with Crippen molar-refractivity contribution in [3.63, 3.8) is 0 Å². The summed E-state index contributed by atoms with van der Waals surface area (Å²) in [5.41, 5.74) is 4.73. The first kappa shape index (κ1) is 21.0. The fourth-order valence-corrected chi connectivity index (χ4v) is 4.20. The van der Waals surface area contributed by atoms with E-state index >= 15 is 0 Å². The van der Waals surface area contributed by atoms with Crippen molar-refractivity contribution in [2.24, 2.45) is 7.05 Å². The van der Waals surface area contributed by atoms with Crippen molar-refractivity contribution in [2.45, 2.75) is 33.7 Å². The molecular weight excluding hydrogens is 410 g/mol. The van der Waals surface area contributed by atoms with Crippen LogP contribution < -0.4 is 10.1 Å². The highest BCUT2D eigenvalue weighted by Crippen LogP contribution is 2.33. The van der Waals surface area contributed by atoms with Crippen LogP contribution in [0.1, 0.15) is 34.5 Å². The number of carbonyl (C=O) groups excluding carboxylic acids is 1. The number of fused-ring (bicyclic) bond motifs is 1. The Balaban J connectivity index is 1.48. The predicted molar refractivity (Wildman–Crippen MR) is 122 cm³/mol. The zero-order valence-electron chi connectivity index (χ0n) is 18.3. The van der Waals surface area contributed by atoms with E-state index in [0.29, 0.717) is 11.5 Å². The number of nitrogens with one attached hydrogen (secondary N) is 1. The van der Waals surface area contributed by atoms with E-state index < -0.39 is 0 Å². The van der Waals surface area contributed by atoms with Crippen LogP contribution in [0.25, 0.3) is 21.7 Å². The van der Waals surface area contributed by atoms with Gasteiger partial charge < -0.3 is 10.1 Å². The number of pyridine rings is 1. The minimum Gasteiger partial charge on any atom is -0.468 e. The number of rotatable bonds is 6. The second kappa shape index (κ2) is 8.47. The monoisotopic (exact) mass is 435 g/mol. The van der Waals surface area contributed by atoms with Crippen molar-refractivity contribution in [3.05, 3.63) is 58.1 Å². The van der Waals surface area contributed by atoms with Crippen molar-refractivity contribution in [1.82, 2.24) is 25.1 Å². The van der Waals surface area contributed by atoms with Gasteiger partial charge in [-0.15, -0.1) is 11.3 Å². The highest BCUT2D eigenvalue weighted by atomic mass is 32.1. The van der Waals surface area contributed by atoms with Crippen LogP contribution in [0.5, 0.6) is 5.88 Å². The normalized spacial score (nSPS) is 12.2. The first-order chi connectivity index (χ1) is 14.8. The minimum atomic E-state index is -0.198. The van der Waals surface area contributed by atoms with Gasteiger partial charge in [-0.25, -0.2) is 9.67 Å². The summed E-state index contributed by atoms with van der Waals surface area (Å²) in [5.74, 6) is 0.199. The Morgan fingerprint density at radius 1 is 1.23 bits per heavy atom. The summed E-state index contributed by atoms with van der Waals surface area (Å²) in [6.45, 7) is 7.89. The molecule has 0 aliphatic rings. The number of amides is 1. The molecule has 0 bridgehead atoms.